The van der Waals surface area contributed by atoms with Crippen molar-refractivity contribution in [2.45, 2.75) is 6.92 Å². The minimum absolute atomic E-state index is 0.0730. The van der Waals surface area contributed by atoms with Gasteiger partial charge in [0.05, 0.1) is 24.4 Å². The first-order valence-electron chi connectivity index (χ1n) is 5.76. The van der Waals surface area contributed by atoms with Crippen molar-refractivity contribution in [2.75, 3.05) is 12.5 Å². The number of para-hydroxylation sites is 1. The summed E-state index contributed by atoms with van der Waals surface area (Å²) in [5.41, 5.74) is 4.71. The van der Waals surface area contributed by atoms with Crippen molar-refractivity contribution in [3.8, 4) is 0 Å². The molecule has 1 aliphatic carbocycles. The second-order valence-corrected chi connectivity index (χ2v) is 4.02. The molecule has 0 amide bonds. The smallest absolute Gasteiger partial charge is 0.153 e. The molecule has 0 spiro atoms. The van der Waals surface area contributed by atoms with Crippen molar-refractivity contribution in [1.82, 2.24) is 0 Å². The van der Waals surface area contributed by atoms with Crippen LogP contribution >= 0.6 is 0 Å². The quantitative estimate of drug-likeness (QED) is 0.803. The van der Waals surface area contributed by atoms with Crippen molar-refractivity contribution in [3.63, 3.8) is 0 Å². The summed E-state index contributed by atoms with van der Waals surface area (Å²) < 4.78 is 5.17. The number of ether oxygens (including phenoxy) is 1. The molecule has 1 aromatic rings. The average Bonchev–Trinajstić information content (AvgIpc) is 2.40. The Morgan fingerprint density at radius 2 is 1.94 bits per heavy atom. The third kappa shape index (κ3) is 2.53. The monoisotopic (exact) mass is 244 g/mol. The van der Waals surface area contributed by atoms with Crippen molar-refractivity contribution < 1.29 is 9.84 Å². The Labute approximate surface area is 106 Å². The van der Waals surface area contributed by atoms with Crippen LogP contribution in [0.4, 0.5) is 5.69 Å². The van der Waals surface area contributed by atoms with Gasteiger partial charge in [-0.15, -0.1) is 0 Å². The van der Waals surface area contributed by atoms with Crippen LogP contribution in [0.3, 0.4) is 0 Å². The van der Waals surface area contributed by atoms with Gasteiger partial charge in [0.2, 0.25) is 0 Å². The molecule has 0 heterocycles. The molecule has 1 unspecified atom stereocenters. The second kappa shape index (κ2) is 5.40. The highest BCUT2D eigenvalue weighted by molar-refractivity contribution is 6.00. The SMILES string of the molecule is COC1=C(O)C=CC(=NNc2ccccc2)C1C. The molecular weight excluding hydrogens is 228 g/mol. The van der Waals surface area contributed by atoms with Crippen LogP contribution in [0.25, 0.3) is 0 Å². The van der Waals surface area contributed by atoms with E-state index in [1.54, 1.807) is 19.3 Å². The lowest BCUT2D eigenvalue weighted by Gasteiger charge is -2.19. The van der Waals surface area contributed by atoms with E-state index in [0.717, 1.165) is 11.4 Å². The molecule has 1 atom stereocenters. The van der Waals surface area contributed by atoms with Gasteiger partial charge < -0.3 is 9.84 Å². The van der Waals surface area contributed by atoms with Gasteiger partial charge >= 0.3 is 0 Å². The maximum absolute atomic E-state index is 9.63. The standard InChI is InChI=1S/C14H16N2O2/c1-10-12(8-9-13(17)14(10)18-2)16-15-11-6-4-3-5-7-11/h3-10,15,17H,1-2H3. The van der Waals surface area contributed by atoms with Crippen LogP contribution in [-0.2, 0) is 4.74 Å². The molecule has 0 radical (unpaired) electrons. The summed E-state index contributed by atoms with van der Waals surface area (Å²) in [6.45, 7) is 1.93. The highest BCUT2D eigenvalue weighted by Crippen LogP contribution is 2.22. The van der Waals surface area contributed by atoms with E-state index in [1.165, 1.54) is 0 Å². The molecule has 2 rings (SSSR count). The molecule has 2 N–H and O–H groups in total. The fourth-order valence-corrected chi connectivity index (χ4v) is 1.80. The number of rotatable bonds is 3. The molecule has 4 heteroatoms. The fourth-order valence-electron chi connectivity index (χ4n) is 1.80. The second-order valence-electron chi connectivity index (χ2n) is 4.02. The predicted octanol–water partition coefficient (Wildman–Crippen LogP) is 3.08. The molecule has 18 heavy (non-hydrogen) atoms. The van der Waals surface area contributed by atoms with Gasteiger partial charge in [0.25, 0.3) is 0 Å². The van der Waals surface area contributed by atoms with Gasteiger partial charge in [-0.05, 0) is 31.2 Å². The number of anilines is 1. The minimum atomic E-state index is -0.0730. The maximum Gasteiger partial charge on any atom is 0.153 e. The number of methoxy groups -OCH3 is 1. The van der Waals surface area contributed by atoms with Crippen LogP contribution in [0, 0.1) is 5.92 Å². The van der Waals surface area contributed by atoms with Crippen molar-refractivity contribution >= 4 is 11.4 Å². The molecule has 0 aliphatic heterocycles. The van der Waals surface area contributed by atoms with Gasteiger partial charge in [0.1, 0.15) is 5.76 Å². The lowest BCUT2D eigenvalue weighted by atomic mass is 9.97. The molecule has 0 saturated heterocycles. The number of nitrogens with one attached hydrogen (secondary N) is 1. The van der Waals surface area contributed by atoms with Gasteiger partial charge in [0.15, 0.2) is 5.76 Å². The van der Waals surface area contributed by atoms with E-state index in [1.807, 2.05) is 37.3 Å². The van der Waals surface area contributed by atoms with E-state index in [0.29, 0.717) is 5.76 Å². The number of aliphatic hydroxyl groups is 1. The Bertz CT molecular complexity index is 504. The van der Waals surface area contributed by atoms with E-state index in [9.17, 15) is 5.11 Å². The van der Waals surface area contributed by atoms with Crippen LogP contribution in [0.2, 0.25) is 0 Å². The number of aliphatic hydroxyl groups excluding tert-OH is 1. The van der Waals surface area contributed by atoms with Crippen molar-refractivity contribution in [1.29, 1.82) is 0 Å². The molecule has 0 fully saturated rings. The molecule has 4 nitrogen and oxygen atoms in total. The summed E-state index contributed by atoms with van der Waals surface area (Å²) in [4.78, 5) is 0. The van der Waals surface area contributed by atoms with Gasteiger partial charge in [0, 0.05) is 0 Å². The van der Waals surface area contributed by atoms with E-state index in [2.05, 4.69) is 10.5 Å². The third-order valence-electron chi connectivity index (χ3n) is 2.81. The Balaban J connectivity index is 2.14. The zero-order chi connectivity index (χ0) is 13.0. The van der Waals surface area contributed by atoms with E-state index < -0.39 is 0 Å². The lowest BCUT2D eigenvalue weighted by molar-refractivity contribution is 0.236. The van der Waals surface area contributed by atoms with Crippen LogP contribution in [0.1, 0.15) is 6.92 Å². The first-order chi connectivity index (χ1) is 8.72. The zero-order valence-corrected chi connectivity index (χ0v) is 10.4. The van der Waals surface area contributed by atoms with Crippen LogP contribution in [0.15, 0.2) is 59.1 Å². The summed E-state index contributed by atoms with van der Waals surface area (Å²) in [5, 5.41) is 14.0. The molecule has 1 aromatic carbocycles. The Hall–Kier alpha value is -2.23. The summed E-state index contributed by atoms with van der Waals surface area (Å²) in [7, 11) is 1.55. The first kappa shape index (κ1) is 12.2. The number of nitrogens with zero attached hydrogens (tertiary/aromatic N) is 1. The van der Waals surface area contributed by atoms with Gasteiger partial charge in [-0.3, -0.25) is 5.43 Å². The normalized spacial score (nSPS) is 21.2. The highest BCUT2D eigenvalue weighted by atomic mass is 16.5. The molecule has 94 valence electrons. The first-order valence-corrected chi connectivity index (χ1v) is 5.76. The third-order valence-corrected chi connectivity index (χ3v) is 2.81. The Morgan fingerprint density at radius 3 is 2.61 bits per heavy atom. The maximum atomic E-state index is 9.63. The Morgan fingerprint density at radius 1 is 1.22 bits per heavy atom. The molecule has 0 bridgehead atoms. The van der Waals surface area contributed by atoms with Crippen LogP contribution < -0.4 is 5.43 Å². The van der Waals surface area contributed by atoms with Crippen LogP contribution in [-0.4, -0.2) is 17.9 Å². The summed E-state index contributed by atoms with van der Waals surface area (Å²) in [6, 6.07) is 9.70. The number of benzene rings is 1. The lowest BCUT2D eigenvalue weighted by Crippen LogP contribution is -2.19. The van der Waals surface area contributed by atoms with Crippen molar-refractivity contribution in [2.24, 2.45) is 11.0 Å². The topological polar surface area (TPSA) is 53.9 Å². The zero-order valence-electron chi connectivity index (χ0n) is 10.4. The van der Waals surface area contributed by atoms with Gasteiger partial charge in [-0.2, -0.15) is 5.10 Å². The average molecular weight is 244 g/mol. The summed E-state index contributed by atoms with van der Waals surface area (Å²) in [6.07, 6.45) is 3.36. The Kier molecular flexibility index (Phi) is 3.67. The summed E-state index contributed by atoms with van der Waals surface area (Å²) >= 11 is 0. The van der Waals surface area contributed by atoms with Crippen LogP contribution in [0.5, 0.6) is 0 Å². The minimum Gasteiger partial charge on any atom is -0.504 e. The molecule has 0 aromatic heterocycles. The largest absolute Gasteiger partial charge is 0.504 e. The summed E-state index contributed by atoms with van der Waals surface area (Å²) in [5.74, 6) is 0.617. The molecular formula is C14H16N2O2. The van der Waals surface area contributed by atoms with Crippen molar-refractivity contribution in [3.05, 3.63) is 54.0 Å². The molecule has 0 saturated carbocycles. The van der Waals surface area contributed by atoms with Gasteiger partial charge in [-0.25, -0.2) is 0 Å². The number of hydrazone groups is 1. The highest BCUT2D eigenvalue weighted by Gasteiger charge is 2.22. The number of hydrogen-bond donors (Lipinski definition) is 2. The fraction of sp³-hybridized carbons (Fsp3) is 0.214. The molecule has 1 aliphatic rings. The van der Waals surface area contributed by atoms with E-state index >= 15 is 0 Å². The predicted molar refractivity (Wildman–Crippen MR) is 72.5 cm³/mol. The van der Waals surface area contributed by atoms with E-state index in [-0.39, 0.29) is 11.7 Å². The number of allylic oxidation sites excluding steroid dienone is 3. The number of hydrogen-bond acceptors (Lipinski definition) is 4. The van der Waals surface area contributed by atoms with E-state index in [4.69, 9.17) is 4.74 Å². The van der Waals surface area contributed by atoms with Gasteiger partial charge in [-0.1, -0.05) is 18.2 Å².